The second-order valence-electron chi connectivity index (χ2n) is 6.04. The maximum atomic E-state index is 13.2. The highest BCUT2D eigenvalue weighted by atomic mass is 35.5. The Kier molecular flexibility index (Phi) is 6.45. The number of hydrogen-bond donors (Lipinski definition) is 2. The molecule has 0 radical (unpaired) electrons. The molecule has 28 heavy (non-hydrogen) atoms. The molecule has 7 heteroatoms. The van der Waals surface area contributed by atoms with Crippen molar-refractivity contribution in [2.45, 2.75) is 6.42 Å². The molecule has 0 unspecified atom stereocenters. The molecule has 2 aromatic carbocycles. The highest BCUT2D eigenvalue weighted by Crippen LogP contribution is 2.20. The number of amides is 1. The number of nitrogens with one attached hydrogen (secondary N) is 2. The minimum atomic E-state index is -0.540. The van der Waals surface area contributed by atoms with E-state index in [0.717, 1.165) is 23.4 Å². The van der Waals surface area contributed by atoms with Crippen LogP contribution in [0.25, 0.3) is 0 Å². The van der Waals surface area contributed by atoms with Gasteiger partial charge in [-0.25, -0.2) is 9.37 Å². The van der Waals surface area contributed by atoms with Crippen LogP contribution in [0.15, 0.2) is 60.8 Å². The Morgan fingerprint density at radius 3 is 2.68 bits per heavy atom. The maximum absolute atomic E-state index is 13.2. The third kappa shape index (κ3) is 5.20. The molecule has 144 valence electrons. The zero-order valence-electron chi connectivity index (χ0n) is 15.2. The first-order valence-electron chi connectivity index (χ1n) is 8.64. The van der Waals surface area contributed by atoms with Crippen LogP contribution in [0.5, 0.6) is 5.75 Å². The quantitative estimate of drug-likeness (QED) is 0.599. The number of pyridine rings is 1. The van der Waals surface area contributed by atoms with E-state index >= 15 is 0 Å². The summed E-state index contributed by atoms with van der Waals surface area (Å²) in [6.45, 7) is 0.717. The van der Waals surface area contributed by atoms with E-state index in [1.807, 2.05) is 24.3 Å². The molecule has 0 atom stereocenters. The highest BCUT2D eigenvalue weighted by Gasteiger charge is 2.09. The number of hydrogen-bond acceptors (Lipinski definition) is 4. The SMILES string of the molecule is COc1cccc(CCNc2ccc(C(=O)Nc3ccc(F)c(Cl)c3)nc2)c1. The molecule has 0 aliphatic rings. The molecule has 5 nitrogen and oxygen atoms in total. The molecular weight excluding hydrogens is 381 g/mol. The summed E-state index contributed by atoms with van der Waals surface area (Å²) >= 11 is 5.72. The lowest BCUT2D eigenvalue weighted by Crippen LogP contribution is -2.14. The summed E-state index contributed by atoms with van der Waals surface area (Å²) in [5.41, 5.74) is 2.62. The number of rotatable bonds is 7. The molecule has 1 amide bonds. The molecule has 0 fully saturated rings. The van der Waals surface area contributed by atoms with Crippen molar-refractivity contribution < 1.29 is 13.9 Å². The average molecular weight is 400 g/mol. The van der Waals surface area contributed by atoms with Gasteiger partial charge in [0.2, 0.25) is 0 Å². The second-order valence-corrected chi connectivity index (χ2v) is 6.45. The van der Waals surface area contributed by atoms with Gasteiger partial charge in [-0.1, -0.05) is 23.7 Å². The number of carbonyl (C=O) groups is 1. The van der Waals surface area contributed by atoms with Crippen LogP contribution in [-0.4, -0.2) is 24.5 Å². The van der Waals surface area contributed by atoms with Crippen molar-refractivity contribution >= 4 is 28.9 Å². The number of halogens is 2. The first-order valence-corrected chi connectivity index (χ1v) is 9.02. The van der Waals surface area contributed by atoms with Crippen molar-refractivity contribution in [2.24, 2.45) is 0 Å². The third-order valence-corrected chi connectivity index (χ3v) is 4.34. The summed E-state index contributed by atoms with van der Waals surface area (Å²) in [6.07, 6.45) is 2.42. The number of anilines is 2. The predicted octanol–water partition coefficient (Wildman–Crippen LogP) is 4.79. The molecule has 0 aliphatic carbocycles. The largest absolute Gasteiger partial charge is 0.497 e. The monoisotopic (exact) mass is 399 g/mol. The Morgan fingerprint density at radius 2 is 1.96 bits per heavy atom. The predicted molar refractivity (Wildman–Crippen MR) is 109 cm³/mol. The highest BCUT2D eigenvalue weighted by molar-refractivity contribution is 6.31. The van der Waals surface area contributed by atoms with Crippen LogP contribution in [-0.2, 0) is 6.42 Å². The molecule has 1 aromatic heterocycles. The summed E-state index contributed by atoms with van der Waals surface area (Å²) in [6, 6.07) is 15.3. The normalized spacial score (nSPS) is 10.4. The van der Waals surface area contributed by atoms with Crippen LogP contribution in [0.1, 0.15) is 16.1 Å². The van der Waals surface area contributed by atoms with E-state index in [1.165, 1.54) is 18.2 Å². The molecule has 0 aliphatic heterocycles. The van der Waals surface area contributed by atoms with E-state index in [4.69, 9.17) is 16.3 Å². The molecule has 2 N–H and O–H groups in total. The lowest BCUT2D eigenvalue weighted by atomic mass is 10.1. The van der Waals surface area contributed by atoms with Gasteiger partial charge < -0.3 is 15.4 Å². The molecule has 0 spiro atoms. The van der Waals surface area contributed by atoms with E-state index < -0.39 is 11.7 Å². The molecule has 0 saturated carbocycles. The van der Waals surface area contributed by atoms with E-state index in [2.05, 4.69) is 15.6 Å². The van der Waals surface area contributed by atoms with Gasteiger partial charge in [-0.05, 0) is 54.4 Å². The van der Waals surface area contributed by atoms with Crippen LogP contribution in [0.4, 0.5) is 15.8 Å². The molecule has 1 heterocycles. The summed E-state index contributed by atoms with van der Waals surface area (Å²) in [5, 5.41) is 5.85. The number of methoxy groups -OCH3 is 1. The van der Waals surface area contributed by atoms with Gasteiger partial charge in [0.15, 0.2) is 0 Å². The van der Waals surface area contributed by atoms with Crippen LogP contribution in [0.2, 0.25) is 5.02 Å². The van der Waals surface area contributed by atoms with Crippen molar-refractivity contribution in [1.29, 1.82) is 0 Å². The molecule has 3 aromatic rings. The molecular formula is C21H19ClFN3O2. The Hall–Kier alpha value is -3.12. The minimum absolute atomic E-state index is 0.0543. The fourth-order valence-electron chi connectivity index (χ4n) is 2.58. The van der Waals surface area contributed by atoms with E-state index in [1.54, 1.807) is 25.4 Å². The Balaban J connectivity index is 1.53. The number of benzene rings is 2. The lowest BCUT2D eigenvalue weighted by molar-refractivity contribution is 0.102. The molecule has 3 rings (SSSR count). The van der Waals surface area contributed by atoms with Gasteiger partial charge in [-0.3, -0.25) is 4.79 Å². The Morgan fingerprint density at radius 1 is 1.14 bits per heavy atom. The van der Waals surface area contributed by atoms with Crippen LogP contribution in [0, 0.1) is 5.82 Å². The fraction of sp³-hybridized carbons (Fsp3) is 0.143. The third-order valence-electron chi connectivity index (χ3n) is 4.05. The zero-order valence-corrected chi connectivity index (χ0v) is 16.0. The van der Waals surface area contributed by atoms with E-state index in [0.29, 0.717) is 12.2 Å². The summed E-state index contributed by atoms with van der Waals surface area (Å²) in [5.74, 6) is -0.107. The van der Waals surface area contributed by atoms with Crippen molar-refractivity contribution in [1.82, 2.24) is 4.98 Å². The van der Waals surface area contributed by atoms with Gasteiger partial charge in [0.1, 0.15) is 17.3 Å². The Bertz CT molecular complexity index is 964. The fourth-order valence-corrected chi connectivity index (χ4v) is 2.76. The van der Waals surface area contributed by atoms with E-state index in [9.17, 15) is 9.18 Å². The van der Waals surface area contributed by atoms with Crippen molar-refractivity contribution in [3.8, 4) is 5.75 Å². The van der Waals surface area contributed by atoms with Gasteiger partial charge >= 0.3 is 0 Å². The second kappa shape index (κ2) is 9.19. The molecule has 0 saturated heterocycles. The van der Waals surface area contributed by atoms with Gasteiger partial charge in [0.05, 0.1) is 24.0 Å². The number of aromatic nitrogens is 1. The standard InChI is InChI=1S/C21H19ClFN3O2/c1-28-17-4-2-3-14(11-17)9-10-24-16-6-8-20(25-13-16)21(27)26-15-5-7-19(23)18(22)12-15/h2-8,11-13,24H,9-10H2,1H3,(H,26,27). The Labute approximate surface area is 167 Å². The van der Waals surface area contributed by atoms with Crippen molar-refractivity contribution in [3.05, 3.63) is 82.9 Å². The number of nitrogens with zero attached hydrogens (tertiary/aromatic N) is 1. The summed E-state index contributed by atoms with van der Waals surface area (Å²) in [7, 11) is 1.64. The number of carbonyl (C=O) groups excluding carboxylic acids is 1. The van der Waals surface area contributed by atoms with E-state index in [-0.39, 0.29) is 10.7 Å². The van der Waals surface area contributed by atoms with Crippen LogP contribution in [0.3, 0.4) is 0 Å². The number of ether oxygens (including phenoxy) is 1. The van der Waals surface area contributed by atoms with Gasteiger partial charge in [0.25, 0.3) is 5.91 Å². The van der Waals surface area contributed by atoms with Gasteiger partial charge in [-0.2, -0.15) is 0 Å². The van der Waals surface area contributed by atoms with Crippen LogP contribution >= 0.6 is 11.6 Å². The first-order chi connectivity index (χ1) is 13.5. The zero-order chi connectivity index (χ0) is 19.9. The van der Waals surface area contributed by atoms with Gasteiger partial charge in [-0.15, -0.1) is 0 Å². The van der Waals surface area contributed by atoms with Crippen molar-refractivity contribution in [2.75, 3.05) is 24.3 Å². The summed E-state index contributed by atoms with van der Waals surface area (Å²) < 4.78 is 18.4. The van der Waals surface area contributed by atoms with Gasteiger partial charge in [0, 0.05) is 12.2 Å². The lowest BCUT2D eigenvalue weighted by Gasteiger charge is -2.09. The first kappa shape index (κ1) is 19.6. The maximum Gasteiger partial charge on any atom is 0.274 e. The topological polar surface area (TPSA) is 63.2 Å². The minimum Gasteiger partial charge on any atom is -0.497 e. The molecule has 0 bridgehead atoms. The summed E-state index contributed by atoms with van der Waals surface area (Å²) in [4.78, 5) is 16.4. The van der Waals surface area contributed by atoms with Crippen molar-refractivity contribution in [3.63, 3.8) is 0 Å². The van der Waals surface area contributed by atoms with Crippen LogP contribution < -0.4 is 15.4 Å². The smallest absolute Gasteiger partial charge is 0.274 e. The average Bonchev–Trinajstić information content (AvgIpc) is 2.71.